The maximum Gasteiger partial charge on any atom is 0.225 e. The highest BCUT2D eigenvalue weighted by Crippen LogP contribution is 2.34. The lowest BCUT2D eigenvalue weighted by Gasteiger charge is -2.41. The first-order valence-corrected chi connectivity index (χ1v) is 12.0. The fourth-order valence-corrected chi connectivity index (χ4v) is 4.96. The average Bonchev–Trinajstić information content (AvgIpc) is 2.89. The van der Waals surface area contributed by atoms with Crippen LogP contribution < -0.4 is 20.4 Å². The zero-order valence-corrected chi connectivity index (χ0v) is 19.8. The van der Waals surface area contributed by atoms with Crippen LogP contribution >= 0.6 is 0 Å². The normalized spacial score (nSPS) is 19.3. The minimum atomic E-state index is 0.197. The Kier molecular flexibility index (Phi) is 6.44. The molecule has 2 fully saturated rings. The van der Waals surface area contributed by atoms with Crippen molar-refractivity contribution in [1.29, 1.82) is 0 Å². The Balaban J connectivity index is 1.33. The Labute approximate surface area is 200 Å². The van der Waals surface area contributed by atoms with Crippen LogP contribution in [0.2, 0.25) is 0 Å². The second-order valence-corrected chi connectivity index (χ2v) is 9.06. The van der Waals surface area contributed by atoms with Crippen molar-refractivity contribution in [1.82, 2.24) is 25.5 Å². The van der Waals surface area contributed by atoms with E-state index in [1.165, 1.54) is 5.56 Å². The number of aromatic hydroxyl groups is 1. The molecule has 2 aliphatic rings. The molecular weight excluding hydrogens is 428 g/mol. The van der Waals surface area contributed by atoms with Gasteiger partial charge >= 0.3 is 0 Å². The van der Waals surface area contributed by atoms with Crippen molar-refractivity contribution in [3.05, 3.63) is 48.3 Å². The van der Waals surface area contributed by atoms with E-state index in [9.17, 15) is 5.11 Å². The Morgan fingerprint density at radius 1 is 1.06 bits per heavy atom. The molecule has 0 radical (unpaired) electrons. The Bertz CT molecular complexity index is 1120. The molecule has 9 nitrogen and oxygen atoms in total. The first-order chi connectivity index (χ1) is 16.6. The maximum atomic E-state index is 10.3. The van der Waals surface area contributed by atoms with Crippen LogP contribution in [0.1, 0.15) is 31.2 Å². The van der Waals surface area contributed by atoms with Gasteiger partial charge in [0.15, 0.2) is 5.82 Å². The van der Waals surface area contributed by atoms with Crippen LogP contribution in [0.15, 0.2) is 42.7 Å². The Morgan fingerprint density at radius 2 is 1.82 bits per heavy atom. The molecular formula is C25H32N8O. The van der Waals surface area contributed by atoms with Gasteiger partial charge in [0.25, 0.3) is 0 Å². The van der Waals surface area contributed by atoms with Gasteiger partial charge in [-0.1, -0.05) is 12.1 Å². The first kappa shape index (κ1) is 22.3. The lowest BCUT2D eigenvalue weighted by molar-refractivity contribution is 0.458. The molecule has 0 spiro atoms. The van der Waals surface area contributed by atoms with Crippen LogP contribution in [0.3, 0.4) is 0 Å². The van der Waals surface area contributed by atoms with E-state index in [0.717, 1.165) is 63.0 Å². The molecule has 3 N–H and O–H groups in total. The summed E-state index contributed by atoms with van der Waals surface area (Å²) in [7, 11) is 1.85. The predicted octanol–water partition coefficient (Wildman–Crippen LogP) is 2.86. The van der Waals surface area contributed by atoms with E-state index < -0.39 is 0 Å². The van der Waals surface area contributed by atoms with E-state index in [4.69, 9.17) is 9.97 Å². The van der Waals surface area contributed by atoms with Crippen LogP contribution in [0.4, 0.5) is 17.5 Å². The van der Waals surface area contributed by atoms with E-state index in [-0.39, 0.29) is 11.8 Å². The van der Waals surface area contributed by atoms with Gasteiger partial charge in [0.2, 0.25) is 5.95 Å². The van der Waals surface area contributed by atoms with E-state index >= 15 is 0 Å². The van der Waals surface area contributed by atoms with Crippen molar-refractivity contribution in [2.45, 2.75) is 31.7 Å². The van der Waals surface area contributed by atoms with Gasteiger partial charge < -0.3 is 25.5 Å². The zero-order valence-electron chi connectivity index (χ0n) is 19.8. The second kappa shape index (κ2) is 9.80. The summed E-state index contributed by atoms with van der Waals surface area (Å²) in [6, 6.07) is 9.44. The number of anilines is 3. The summed E-state index contributed by atoms with van der Waals surface area (Å²) >= 11 is 0. The number of phenols is 1. The van der Waals surface area contributed by atoms with Crippen molar-refractivity contribution in [2.75, 3.05) is 54.9 Å². The molecule has 0 aliphatic carbocycles. The molecule has 0 bridgehead atoms. The van der Waals surface area contributed by atoms with Crippen molar-refractivity contribution >= 4 is 17.5 Å². The molecule has 34 heavy (non-hydrogen) atoms. The summed E-state index contributed by atoms with van der Waals surface area (Å²) in [5, 5.41) is 25.6. The number of piperidine rings is 1. The number of hydrogen-bond donors (Lipinski definition) is 3. The fourth-order valence-electron chi connectivity index (χ4n) is 4.96. The highest BCUT2D eigenvalue weighted by Gasteiger charge is 2.28. The average molecular weight is 461 g/mol. The van der Waals surface area contributed by atoms with E-state index in [1.807, 2.05) is 37.6 Å². The van der Waals surface area contributed by atoms with E-state index in [2.05, 4.69) is 37.6 Å². The summed E-state index contributed by atoms with van der Waals surface area (Å²) in [6.45, 7) is 6.76. The number of aromatic nitrogens is 4. The van der Waals surface area contributed by atoms with Gasteiger partial charge in [0.05, 0.1) is 11.4 Å². The smallest absolute Gasteiger partial charge is 0.225 e. The summed E-state index contributed by atoms with van der Waals surface area (Å²) in [6.07, 6.45) is 6.32. The molecule has 1 atom stereocenters. The SMILES string of the molecule is CNc1nnc(-c2ccccc2O)cc1N1CCN(c2ncc(C3CCNCC3)cn2)C[C@@H]1C. The van der Waals surface area contributed by atoms with Crippen LogP contribution in [0.25, 0.3) is 11.3 Å². The van der Waals surface area contributed by atoms with E-state index in [0.29, 0.717) is 17.2 Å². The number of phenolic OH excluding ortho intramolecular Hbond substituents is 1. The zero-order chi connectivity index (χ0) is 23.5. The number of rotatable bonds is 5. The van der Waals surface area contributed by atoms with E-state index in [1.54, 1.807) is 12.1 Å². The molecule has 0 unspecified atom stereocenters. The highest BCUT2D eigenvalue weighted by atomic mass is 16.3. The molecule has 2 aliphatic heterocycles. The van der Waals surface area contributed by atoms with Crippen molar-refractivity contribution in [2.24, 2.45) is 0 Å². The van der Waals surface area contributed by atoms with Crippen LogP contribution in [-0.4, -0.2) is 71.1 Å². The van der Waals surface area contributed by atoms with Gasteiger partial charge in [-0.25, -0.2) is 9.97 Å². The lowest BCUT2D eigenvalue weighted by Crippen LogP contribution is -2.52. The molecule has 0 amide bonds. The highest BCUT2D eigenvalue weighted by molar-refractivity contribution is 5.75. The third-order valence-corrected chi connectivity index (χ3v) is 6.88. The second-order valence-electron chi connectivity index (χ2n) is 9.06. The maximum absolute atomic E-state index is 10.3. The largest absolute Gasteiger partial charge is 0.507 e. The fraction of sp³-hybridized carbons (Fsp3) is 0.440. The Morgan fingerprint density at radius 3 is 2.53 bits per heavy atom. The summed E-state index contributed by atoms with van der Waals surface area (Å²) < 4.78 is 0. The van der Waals surface area contributed by atoms with Crippen molar-refractivity contribution in [3.63, 3.8) is 0 Å². The Hall–Kier alpha value is -3.46. The molecule has 3 aromatic rings. The first-order valence-electron chi connectivity index (χ1n) is 12.0. The van der Waals surface area contributed by atoms with Gasteiger partial charge in [-0.15, -0.1) is 10.2 Å². The number of nitrogens with zero attached hydrogens (tertiary/aromatic N) is 6. The molecule has 2 saturated heterocycles. The quantitative estimate of drug-likeness (QED) is 0.530. The third kappa shape index (κ3) is 4.48. The lowest BCUT2D eigenvalue weighted by atomic mass is 9.92. The number of nitrogens with one attached hydrogen (secondary N) is 2. The molecule has 0 saturated carbocycles. The number of hydrogen-bond acceptors (Lipinski definition) is 9. The van der Waals surface area contributed by atoms with Crippen LogP contribution in [0.5, 0.6) is 5.75 Å². The molecule has 2 aromatic heterocycles. The monoisotopic (exact) mass is 460 g/mol. The molecule has 5 rings (SSSR count). The van der Waals surface area contributed by atoms with Crippen molar-refractivity contribution < 1.29 is 5.11 Å². The van der Waals surface area contributed by atoms with Gasteiger partial charge in [0, 0.05) is 50.7 Å². The van der Waals surface area contributed by atoms with Crippen LogP contribution in [0, 0.1) is 0 Å². The minimum absolute atomic E-state index is 0.197. The van der Waals surface area contributed by atoms with Crippen LogP contribution in [-0.2, 0) is 0 Å². The number of piperazine rings is 1. The third-order valence-electron chi connectivity index (χ3n) is 6.88. The van der Waals surface area contributed by atoms with Gasteiger partial charge in [-0.3, -0.25) is 0 Å². The minimum Gasteiger partial charge on any atom is -0.507 e. The number of para-hydroxylation sites is 1. The molecule has 9 heteroatoms. The van der Waals surface area contributed by atoms with Gasteiger partial charge in [-0.2, -0.15) is 0 Å². The standard InChI is InChI=1S/C25H32N8O/c1-17-16-32(25-28-14-19(15-29-25)18-7-9-27-10-8-18)11-12-33(17)22-13-21(30-31-24(22)26-2)20-5-3-4-6-23(20)34/h3-6,13-15,17-18,27,34H,7-12,16H2,1-2H3,(H,26,31)/t17-/m0/s1. The molecule has 4 heterocycles. The summed E-state index contributed by atoms with van der Waals surface area (Å²) in [5.74, 6) is 2.27. The summed E-state index contributed by atoms with van der Waals surface area (Å²) in [5.41, 5.74) is 3.55. The summed E-state index contributed by atoms with van der Waals surface area (Å²) in [4.78, 5) is 14.0. The van der Waals surface area contributed by atoms with Gasteiger partial charge in [0.1, 0.15) is 5.75 Å². The number of benzene rings is 1. The van der Waals surface area contributed by atoms with Crippen molar-refractivity contribution in [3.8, 4) is 17.0 Å². The molecule has 1 aromatic carbocycles. The van der Waals surface area contributed by atoms with Gasteiger partial charge in [-0.05, 0) is 62.5 Å². The topological polar surface area (TPSA) is 102 Å². The predicted molar refractivity (Wildman–Crippen MR) is 135 cm³/mol. The molecule has 178 valence electrons.